The monoisotopic (exact) mass is 423 g/mol. The zero-order valence-electron chi connectivity index (χ0n) is 16.9. The van der Waals surface area contributed by atoms with Crippen LogP contribution in [0.2, 0.25) is 5.02 Å². The molecule has 0 aliphatic carbocycles. The van der Waals surface area contributed by atoms with Crippen LogP contribution in [0.1, 0.15) is 36.6 Å². The minimum atomic E-state index is -0.0207. The van der Waals surface area contributed by atoms with Crippen LogP contribution in [0.4, 0.5) is 0 Å². The number of fused-ring (bicyclic) bond motifs is 1. The SMILES string of the molecule is C=C(O)CCN1CCC(n2nc(Cc3ccc(Cl)cc3)c3ccccc3c2=O)CC1. The van der Waals surface area contributed by atoms with Gasteiger partial charge in [-0.1, -0.05) is 48.5 Å². The molecule has 5 nitrogen and oxygen atoms in total. The molecule has 0 radical (unpaired) electrons. The molecule has 2 aromatic carbocycles. The fourth-order valence-electron chi connectivity index (χ4n) is 4.12. The third-order valence-corrected chi connectivity index (χ3v) is 6.06. The predicted octanol–water partition coefficient (Wildman–Crippen LogP) is 4.74. The van der Waals surface area contributed by atoms with Gasteiger partial charge < -0.3 is 10.0 Å². The van der Waals surface area contributed by atoms with Crippen molar-refractivity contribution in [3.63, 3.8) is 0 Å². The maximum absolute atomic E-state index is 13.2. The van der Waals surface area contributed by atoms with Gasteiger partial charge in [-0.05, 0) is 36.6 Å². The number of nitrogens with zero attached hydrogens (tertiary/aromatic N) is 3. The lowest BCUT2D eigenvalue weighted by molar-refractivity contribution is 0.173. The predicted molar refractivity (Wildman–Crippen MR) is 121 cm³/mol. The number of benzene rings is 2. The van der Waals surface area contributed by atoms with Crippen LogP contribution in [-0.2, 0) is 6.42 Å². The smallest absolute Gasteiger partial charge is 0.274 e. The zero-order valence-corrected chi connectivity index (χ0v) is 17.7. The van der Waals surface area contributed by atoms with E-state index in [1.165, 1.54) is 0 Å². The normalized spacial score (nSPS) is 15.5. The topological polar surface area (TPSA) is 58.4 Å². The van der Waals surface area contributed by atoms with Crippen molar-refractivity contribution in [3.8, 4) is 0 Å². The van der Waals surface area contributed by atoms with Crippen LogP contribution >= 0.6 is 11.6 Å². The molecule has 0 bridgehead atoms. The number of rotatable bonds is 6. The Hall–Kier alpha value is -2.63. The largest absolute Gasteiger partial charge is 0.513 e. The Morgan fingerprint density at radius 2 is 1.77 bits per heavy atom. The number of hydrogen-bond donors (Lipinski definition) is 1. The van der Waals surface area contributed by atoms with Gasteiger partial charge in [-0.15, -0.1) is 0 Å². The summed E-state index contributed by atoms with van der Waals surface area (Å²) in [5.41, 5.74) is 2.00. The lowest BCUT2D eigenvalue weighted by Crippen LogP contribution is -2.39. The first kappa shape index (κ1) is 20.6. The van der Waals surface area contributed by atoms with Gasteiger partial charge >= 0.3 is 0 Å². The number of halogens is 1. The summed E-state index contributed by atoms with van der Waals surface area (Å²) in [4.78, 5) is 15.5. The second-order valence-electron chi connectivity index (χ2n) is 7.93. The maximum atomic E-state index is 13.2. The van der Waals surface area contributed by atoms with Crippen LogP contribution in [0.5, 0.6) is 0 Å². The first-order chi connectivity index (χ1) is 14.5. The van der Waals surface area contributed by atoms with Crippen LogP contribution in [0, 0.1) is 0 Å². The Morgan fingerprint density at radius 3 is 2.43 bits per heavy atom. The van der Waals surface area contributed by atoms with Gasteiger partial charge in [-0.25, -0.2) is 4.68 Å². The van der Waals surface area contributed by atoms with Crippen LogP contribution in [0.25, 0.3) is 10.8 Å². The van der Waals surface area contributed by atoms with Crippen molar-refractivity contribution in [1.82, 2.24) is 14.7 Å². The molecule has 4 rings (SSSR count). The number of piperidine rings is 1. The van der Waals surface area contributed by atoms with Crippen molar-refractivity contribution in [2.24, 2.45) is 0 Å². The van der Waals surface area contributed by atoms with E-state index in [-0.39, 0.29) is 17.4 Å². The molecule has 0 saturated carbocycles. The summed E-state index contributed by atoms with van der Waals surface area (Å²) in [6.07, 6.45) is 2.96. The van der Waals surface area contributed by atoms with E-state index in [9.17, 15) is 9.90 Å². The number of hydrogen-bond acceptors (Lipinski definition) is 4. The van der Waals surface area contributed by atoms with Crippen molar-refractivity contribution < 1.29 is 5.11 Å². The van der Waals surface area contributed by atoms with Crippen LogP contribution in [-0.4, -0.2) is 39.4 Å². The van der Waals surface area contributed by atoms with E-state index in [1.807, 2.05) is 48.5 Å². The highest BCUT2D eigenvalue weighted by atomic mass is 35.5. The van der Waals surface area contributed by atoms with Gasteiger partial charge in [0.1, 0.15) is 0 Å². The first-order valence-electron chi connectivity index (χ1n) is 10.4. The molecule has 1 fully saturated rings. The first-order valence-corrected chi connectivity index (χ1v) is 10.7. The molecule has 0 unspecified atom stereocenters. The summed E-state index contributed by atoms with van der Waals surface area (Å²) in [6, 6.07) is 15.6. The Kier molecular flexibility index (Phi) is 6.21. The van der Waals surface area contributed by atoms with Crippen molar-refractivity contribution >= 4 is 22.4 Å². The van der Waals surface area contributed by atoms with E-state index < -0.39 is 0 Å². The van der Waals surface area contributed by atoms with Gasteiger partial charge in [0.15, 0.2) is 0 Å². The van der Waals surface area contributed by atoms with E-state index in [0.29, 0.717) is 17.9 Å². The van der Waals surface area contributed by atoms with E-state index in [0.717, 1.165) is 54.5 Å². The van der Waals surface area contributed by atoms with E-state index in [4.69, 9.17) is 16.7 Å². The van der Waals surface area contributed by atoms with Gasteiger partial charge in [0.25, 0.3) is 5.56 Å². The molecule has 1 aliphatic heterocycles. The molecule has 30 heavy (non-hydrogen) atoms. The summed E-state index contributed by atoms with van der Waals surface area (Å²) >= 11 is 6.03. The fourth-order valence-corrected chi connectivity index (χ4v) is 4.25. The highest BCUT2D eigenvalue weighted by Crippen LogP contribution is 2.24. The van der Waals surface area contributed by atoms with Crippen molar-refractivity contribution in [1.29, 1.82) is 0 Å². The van der Waals surface area contributed by atoms with Crippen LogP contribution in [0.3, 0.4) is 0 Å². The molecule has 1 saturated heterocycles. The Morgan fingerprint density at radius 1 is 1.10 bits per heavy atom. The van der Waals surface area contributed by atoms with Gasteiger partial charge in [0.05, 0.1) is 22.9 Å². The standard InChI is InChI=1S/C24H26ClN3O2/c1-17(29)10-13-27-14-11-20(12-15-27)28-24(30)22-5-3-2-4-21(22)23(26-28)16-18-6-8-19(25)9-7-18/h2-9,20,29H,1,10-16H2. The minimum Gasteiger partial charge on any atom is -0.513 e. The molecule has 156 valence electrons. The van der Waals surface area contributed by atoms with Gasteiger partial charge in [0, 0.05) is 42.9 Å². The highest BCUT2D eigenvalue weighted by molar-refractivity contribution is 6.30. The zero-order chi connectivity index (χ0) is 21.1. The summed E-state index contributed by atoms with van der Waals surface area (Å²) < 4.78 is 1.70. The van der Waals surface area contributed by atoms with E-state index >= 15 is 0 Å². The van der Waals surface area contributed by atoms with Crippen LogP contribution < -0.4 is 5.56 Å². The third kappa shape index (κ3) is 4.58. The summed E-state index contributed by atoms with van der Waals surface area (Å²) in [5, 5.41) is 16.5. The van der Waals surface area contributed by atoms with Crippen molar-refractivity contribution in [2.75, 3.05) is 19.6 Å². The molecule has 6 heteroatoms. The fraction of sp³-hybridized carbons (Fsp3) is 0.333. The molecule has 0 spiro atoms. The molecular formula is C24H26ClN3O2. The average Bonchev–Trinajstić information content (AvgIpc) is 2.76. The molecule has 1 aliphatic rings. The van der Waals surface area contributed by atoms with Gasteiger partial charge in [0.2, 0.25) is 0 Å². The van der Waals surface area contributed by atoms with E-state index in [1.54, 1.807) is 4.68 Å². The lowest BCUT2D eigenvalue weighted by Gasteiger charge is -2.32. The quantitative estimate of drug-likeness (QED) is 0.582. The Bertz CT molecular complexity index is 1100. The summed E-state index contributed by atoms with van der Waals surface area (Å²) in [7, 11) is 0. The molecule has 3 aromatic rings. The molecule has 0 amide bonds. The van der Waals surface area contributed by atoms with Crippen LogP contribution in [0.15, 0.2) is 65.7 Å². The third-order valence-electron chi connectivity index (χ3n) is 5.81. The van der Waals surface area contributed by atoms with Crippen molar-refractivity contribution in [2.45, 2.75) is 31.7 Å². The van der Waals surface area contributed by atoms with Gasteiger partial charge in [-0.3, -0.25) is 4.79 Å². The average molecular weight is 424 g/mol. The van der Waals surface area contributed by atoms with Crippen molar-refractivity contribution in [3.05, 3.63) is 87.5 Å². The molecule has 1 aromatic heterocycles. The highest BCUT2D eigenvalue weighted by Gasteiger charge is 2.23. The second kappa shape index (κ2) is 9.02. The molecule has 1 N–H and O–H groups in total. The van der Waals surface area contributed by atoms with E-state index in [2.05, 4.69) is 11.5 Å². The lowest BCUT2D eigenvalue weighted by atomic mass is 10.0. The summed E-state index contributed by atoms with van der Waals surface area (Å²) in [5.74, 6) is 0.219. The molecule has 2 heterocycles. The number of likely N-dealkylation sites (tertiary alicyclic amines) is 1. The second-order valence-corrected chi connectivity index (χ2v) is 8.37. The number of aromatic nitrogens is 2. The molecular weight excluding hydrogens is 398 g/mol. The number of aliphatic hydroxyl groups excluding tert-OH is 1. The number of aliphatic hydroxyl groups is 1. The maximum Gasteiger partial charge on any atom is 0.274 e. The Balaban J connectivity index is 1.62. The minimum absolute atomic E-state index is 0.0207. The Labute approximate surface area is 181 Å². The van der Waals surface area contributed by atoms with Gasteiger partial charge in [-0.2, -0.15) is 5.10 Å². The summed E-state index contributed by atoms with van der Waals surface area (Å²) in [6.45, 7) is 6.11. The molecule has 0 atom stereocenters.